The summed E-state index contributed by atoms with van der Waals surface area (Å²) >= 11 is 0. The molecule has 2 heteroatoms. The van der Waals surface area contributed by atoms with Crippen LogP contribution in [0.5, 0.6) is 0 Å². The molecule has 0 aliphatic heterocycles. The van der Waals surface area contributed by atoms with Crippen LogP contribution in [-0.2, 0) is 4.79 Å². The fraction of sp³-hybridized carbons (Fsp3) is 0.348. The van der Waals surface area contributed by atoms with E-state index in [-0.39, 0.29) is 0 Å². The highest BCUT2D eigenvalue weighted by Gasteiger charge is 2.17. The van der Waals surface area contributed by atoms with E-state index in [2.05, 4.69) is 13.8 Å². The maximum absolute atomic E-state index is 12.0. The molecule has 2 rings (SSSR count). The molecule has 0 aliphatic rings. The summed E-state index contributed by atoms with van der Waals surface area (Å²) in [6.45, 7) is 4.49. The Morgan fingerprint density at radius 3 is 1.92 bits per heavy atom. The maximum atomic E-state index is 12.0. The lowest BCUT2D eigenvalue weighted by Gasteiger charge is -2.14. The Bertz CT molecular complexity index is 685. The minimum Gasteiger partial charge on any atom is -0.478 e. The quantitative estimate of drug-likeness (QED) is 0.332. The number of hydrogen-bond donors (Lipinski definition) is 1. The van der Waals surface area contributed by atoms with Crippen molar-refractivity contribution in [2.45, 2.75) is 46.0 Å². The summed E-state index contributed by atoms with van der Waals surface area (Å²) < 4.78 is 0. The number of benzene rings is 2. The molecular formula is C23H28O2. The summed E-state index contributed by atoms with van der Waals surface area (Å²) in [4.78, 5) is 12.0. The first-order valence-corrected chi connectivity index (χ1v) is 9.17. The van der Waals surface area contributed by atoms with Crippen molar-refractivity contribution in [2.24, 2.45) is 5.92 Å². The van der Waals surface area contributed by atoms with E-state index in [4.69, 9.17) is 0 Å². The Labute approximate surface area is 151 Å². The van der Waals surface area contributed by atoms with Gasteiger partial charge in [0.2, 0.25) is 0 Å². The predicted molar refractivity (Wildman–Crippen MR) is 105 cm³/mol. The van der Waals surface area contributed by atoms with Crippen molar-refractivity contribution in [3.8, 4) is 0 Å². The molecule has 0 bridgehead atoms. The lowest BCUT2D eigenvalue weighted by molar-refractivity contribution is -0.130. The molecule has 2 nitrogen and oxygen atoms in total. The predicted octanol–water partition coefficient (Wildman–Crippen LogP) is 6.29. The number of allylic oxidation sites excluding steroid dienone is 1. The minimum atomic E-state index is -0.854. The Hall–Kier alpha value is -2.35. The summed E-state index contributed by atoms with van der Waals surface area (Å²) in [5.41, 5.74) is 3.14. The number of aliphatic carboxylic acids is 1. The SMILES string of the molecule is CC(C)CCCCCC(=C(C(=O)O)c1ccccc1)c1ccccc1. The van der Waals surface area contributed by atoms with Crippen LogP contribution in [-0.4, -0.2) is 11.1 Å². The second-order valence-electron chi connectivity index (χ2n) is 6.88. The molecule has 0 amide bonds. The monoisotopic (exact) mass is 336 g/mol. The molecule has 0 unspecified atom stereocenters. The zero-order valence-electron chi connectivity index (χ0n) is 15.2. The standard InChI is InChI=1S/C23H28O2/c1-18(2)12-6-3-11-17-21(19-13-7-4-8-14-19)22(23(24)25)20-15-9-5-10-16-20/h4-5,7-10,13-16,18H,3,6,11-12,17H2,1-2H3,(H,24,25). The van der Waals surface area contributed by atoms with Crippen LogP contribution in [0, 0.1) is 5.92 Å². The van der Waals surface area contributed by atoms with Gasteiger partial charge in [0.1, 0.15) is 0 Å². The summed E-state index contributed by atoms with van der Waals surface area (Å²) in [6.07, 6.45) is 5.37. The fourth-order valence-electron chi connectivity index (χ4n) is 3.12. The van der Waals surface area contributed by atoms with Crippen molar-refractivity contribution in [1.82, 2.24) is 0 Å². The van der Waals surface area contributed by atoms with Gasteiger partial charge in [0.05, 0.1) is 5.57 Å². The molecule has 0 radical (unpaired) electrons. The van der Waals surface area contributed by atoms with E-state index in [1.807, 2.05) is 60.7 Å². The zero-order chi connectivity index (χ0) is 18.1. The van der Waals surface area contributed by atoms with Crippen LogP contribution in [0.1, 0.15) is 57.1 Å². The van der Waals surface area contributed by atoms with Crippen LogP contribution in [0.2, 0.25) is 0 Å². The van der Waals surface area contributed by atoms with Gasteiger partial charge in [-0.25, -0.2) is 4.79 Å². The molecule has 0 saturated heterocycles. The highest BCUT2D eigenvalue weighted by molar-refractivity contribution is 6.23. The van der Waals surface area contributed by atoms with Gasteiger partial charge >= 0.3 is 5.97 Å². The number of carboxylic acids is 1. The maximum Gasteiger partial charge on any atom is 0.336 e. The first-order chi connectivity index (χ1) is 12.1. The van der Waals surface area contributed by atoms with E-state index in [1.54, 1.807) is 0 Å². The van der Waals surface area contributed by atoms with Gasteiger partial charge in [-0.2, -0.15) is 0 Å². The van der Waals surface area contributed by atoms with Crippen molar-refractivity contribution < 1.29 is 9.90 Å². The Kier molecular flexibility index (Phi) is 7.46. The van der Waals surface area contributed by atoms with E-state index in [1.165, 1.54) is 12.8 Å². The number of carbonyl (C=O) groups is 1. The van der Waals surface area contributed by atoms with Crippen molar-refractivity contribution >= 4 is 17.1 Å². The molecule has 0 heterocycles. The molecule has 132 valence electrons. The number of hydrogen-bond acceptors (Lipinski definition) is 1. The molecule has 0 aromatic heterocycles. The summed E-state index contributed by atoms with van der Waals surface area (Å²) in [5.74, 6) is -0.129. The Morgan fingerprint density at radius 1 is 0.840 bits per heavy atom. The number of unbranched alkanes of at least 4 members (excludes halogenated alkanes) is 2. The molecule has 2 aromatic carbocycles. The highest BCUT2D eigenvalue weighted by Crippen LogP contribution is 2.31. The Morgan fingerprint density at radius 2 is 1.40 bits per heavy atom. The third kappa shape index (κ3) is 5.90. The molecule has 0 atom stereocenters. The van der Waals surface area contributed by atoms with E-state index < -0.39 is 5.97 Å². The first kappa shape index (κ1) is 19.0. The van der Waals surface area contributed by atoms with Crippen LogP contribution in [0.3, 0.4) is 0 Å². The van der Waals surface area contributed by atoms with Crippen LogP contribution in [0.25, 0.3) is 11.1 Å². The topological polar surface area (TPSA) is 37.3 Å². The van der Waals surface area contributed by atoms with Crippen molar-refractivity contribution in [3.63, 3.8) is 0 Å². The molecule has 2 aromatic rings. The van der Waals surface area contributed by atoms with Gasteiger partial charge in [0.25, 0.3) is 0 Å². The second kappa shape index (κ2) is 9.83. The molecule has 0 spiro atoms. The van der Waals surface area contributed by atoms with Crippen LogP contribution in [0.4, 0.5) is 0 Å². The van der Waals surface area contributed by atoms with Crippen molar-refractivity contribution in [2.75, 3.05) is 0 Å². The van der Waals surface area contributed by atoms with E-state index in [0.717, 1.165) is 41.9 Å². The summed E-state index contributed by atoms with van der Waals surface area (Å²) in [5, 5.41) is 9.88. The summed E-state index contributed by atoms with van der Waals surface area (Å²) in [6, 6.07) is 19.4. The van der Waals surface area contributed by atoms with Crippen LogP contribution >= 0.6 is 0 Å². The highest BCUT2D eigenvalue weighted by atomic mass is 16.4. The van der Waals surface area contributed by atoms with E-state index in [0.29, 0.717) is 5.57 Å². The normalized spacial score (nSPS) is 12.1. The van der Waals surface area contributed by atoms with E-state index in [9.17, 15) is 9.90 Å². The van der Waals surface area contributed by atoms with Gasteiger partial charge in [0, 0.05) is 0 Å². The van der Waals surface area contributed by atoms with Gasteiger partial charge in [-0.3, -0.25) is 0 Å². The number of carboxylic acid groups (broad SMARTS) is 1. The molecule has 0 aliphatic carbocycles. The lowest BCUT2D eigenvalue weighted by Crippen LogP contribution is -2.04. The second-order valence-corrected chi connectivity index (χ2v) is 6.88. The van der Waals surface area contributed by atoms with Crippen LogP contribution in [0.15, 0.2) is 60.7 Å². The lowest BCUT2D eigenvalue weighted by atomic mass is 9.90. The van der Waals surface area contributed by atoms with Crippen molar-refractivity contribution in [1.29, 1.82) is 0 Å². The third-order valence-electron chi connectivity index (χ3n) is 4.41. The van der Waals surface area contributed by atoms with Gasteiger partial charge in [-0.15, -0.1) is 0 Å². The number of rotatable bonds is 9. The van der Waals surface area contributed by atoms with Crippen molar-refractivity contribution in [3.05, 3.63) is 71.8 Å². The fourth-order valence-corrected chi connectivity index (χ4v) is 3.12. The van der Waals surface area contributed by atoms with Gasteiger partial charge in [0.15, 0.2) is 0 Å². The molecule has 1 N–H and O–H groups in total. The smallest absolute Gasteiger partial charge is 0.336 e. The first-order valence-electron chi connectivity index (χ1n) is 9.17. The van der Waals surface area contributed by atoms with Gasteiger partial charge < -0.3 is 5.11 Å². The van der Waals surface area contributed by atoms with Crippen LogP contribution < -0.4 is 0 Å². The average Bonchev–Trinajstić information content (AvgIpc) is 2.61. The third-order valence-corrected chi connectivity index (χ3v) is 4.41. The molecule has 0 fully saturated rings. The molecule has 0 saturated carbocycles. The van der Waals surface area contributed by atoms with Gasteiger partial charge in [-0.05, 0) is 35.5 Å². The molecular weight excluding hydrogens is 308 g/mol. The minimum absolute atomic E-state index is 0.427. The Balaban J connectivity index is 2.30. The van der Waals surface area contributed by atoms with Gasteiger partial charge in [-0.1, -0.05) is 93.8 Å². The molecule has 25 heavy (non-hydrogen) atoms. The zero-order valence-corrected chi connectivity index (χ0v) is 15.2. The summed E-state index contributed by atoms with van der Waals surface area (Å²) in [7, 11) is 0. The average molecular weight is 336 g/mol. The largest absolute Gasteiger partial charge is 0.478 e. The van der Waals surface area contributed by atoms with E-state index >= 15 is 0 Å².